The standard InChI is InChI=1S/C19H21FN6O/c1-12-8-14-15(23-19(12)27)9-13(10-22-14)11-25-4-6-26(7-5-25)16-2-3-17(21)24-18(16)20/h2-3,8-10H,4-7,11H2,1H3,(H2,21,24)(H,23,27). The molecule has 0 radical (unpaired) electrons. The third kappa shape index (κ3) is 3.61. The molecule has 0 spiro atoms. The van der Waals surface area contributed by atoms with Gasteiger partial charge in [0, 0.05) is 44.5 Å². The van der Waals surface area contributed by atoms with Gasteiger partial charge in [-0.25, -0.2) is 4.98 Å². The summed E-state index contributed by atoms with van der Waals surface area (Å²) in [4.78, 5) is 27.1. The number of nitrogen functional groups attached to an aromatic ring is 1. The Bertz CT molecular complexity index is 1040. The minimum Gasteiger partial charge on any atom is -0.384 e. The van der Waals surface area contributed by atoms with E-state index in [0.717, 1.165) is 36.2 Å². The van der Waals surface area contributed by atoms with Crippen LogP contribution in [-0.2, 0) is 6.54 Å². The second-order valence-corrected chi connectivity index (χ2v) is 6.87. The van der Waals surface area contributed by atoms with Crippen LogP contribution in [0, 0.1) is 12.9 Å². The Kier molecular flexibility index (Phi) is 4.49. The molecule has 1 aliphatic rings. The molecule has 3 aromatic rings. The van der Waals surface area contributed by atoms with E-state index in [0.29, 0.717) is 24.3 Å². The van der Waals surface area contributed by atoms with E-state index in [4.69, 9.17) is 5.73 Å². The Balaban J connectivity index is 1.44. The monoisotopic (exact) mass is 368 g/mol. The Labute approximate surface area is 155 Å². The summed E-state index contributed by atoms with van der Waals surface area (Å²) in [6.07, 6.45) is 1.84. The van der Waals surface area contributed by atoms with Gasteiger partial charge in [0.05, 0.1) is 16.7 Å². The first-order chi connectivity index (χ1) is 13.0. The summed E-state index contributed by atoms with van der Waals surface area (Å²) in [7, 11) is 0. The quantitative estimate of drug-likeness (QED) is 0.684. The van der Waals surface area contributed by atoms with Crippen LogP contribution >= 0.6 is 0 Å². The van der Waals surface area contributed by atoms with Gasteiger partial charge >= 0.3 is 0 Å². The summed E-state index contributed by atoms with van der Waals surface area (Å²) < 4.78 is 14.0. The summed E-state index contributed by atoms with van der Waals surface area (Å²) in [6.45, 7) is 5.51. The van der Waals surface area contributed by atoms with E-state index in [2.05, 4.69) is 19.9 Å². The van der Waals surface area contributed by atoms with Gasteiger partial charge in [-0.1, -0.05) is 0 Å². The number of rotatable bonds is 3. The van der Waals surface area contributed by atoms with Gasteiger partial charge in [-0.15, -0.1) is 0 Å². The smallest absolute Gasteiger partial charge is 0.251 e. The zero-order valence-electron chi connectivity index (χ0n) is 15.1. The molecule has 0 aliphatic carbocycles. The summed E-state index contributed by atoms with van der Waals surface area (Å²) in [5.74, 6) is -0.339. The predicted octanol–water partition coefficient (Wildman–Crippen LogP) is 1.67. The molecular weight excluding hydrogens is 347 g/mol. The molecule has 27 heavy (non-hydrogen) atoms. The molecule has 1 fully saturated rings. The van der Waals surface area contributed by atoms with Crippen LogP contribution in [0.3, 0.4) is 0 Å². The summed E-state index contributed by atoms with van der Waals surface area (Å²) in [5.41, 5.74) is 9.14. The third-order valence-electron chi connectivity index (χ3n) is 4.90. The van der Waals surface area contributed by atoms with Gasteiger partial charge < -0.3 is 15.6 Å². The first kappa shape index (κ1) is 17.4. The highest BCUT2D eigenvalue weighted by Gasteiger charge is 2.20. The number of H-pyrrole nitrogens is 1. The van der Waals surface area contributed by atoms with Crippen molar-refractivity contribution in [3.63, 3.8) is 0 Å². The van der Waals surface area contributed by atoms with Crippen LogP contribution in [-0.4, -0.2) is 46.0 Å². The number of nitrogens with one attached hydrogen (secondary N) is 1. The van der Waals surface area contributed by atoms with Gasteiger partial charge in [-0.3, -0.25) is 14.7 Å². The fourth-order valence-electron chi connectivity index (χ4n) is 3.39. The van der Waals surface area contributed by atoms with Crippen molar-refractivity contribution < 1.29 is 4.39 Å². The number of fused-ring (bicyclic) bond motifs is 1. The van der Waals surface area contributed by atoms with Crippen molar-refractivity contribution in [1.29, 1.82) is 0 Å². The van der Waals surface area contributed by atoms with Gasteiger partial charge in [0.2, 0.25) is 5.95 Å². The molecule has 0 amide bonds. The van der Waals surface area contributed by atoms with Crippen LogP contribution in [0.4, 0.5) is 15.9 Å². The van der Waals surface area contributed by atoms with Crippen LogP contribution in [0.25, 0.3) is 11.0 Å². The topological polar surface area (TPSA) is 91.1 Å². The van der Waals surface area contributed by atoms with Crippen LogP contribution in [0.2, 0.25) is 0 Å². The van der Waals surface area contributed by atoms with Crippen molar-refractivity contribution in [2.24, 2.45) is 0 Å². The molecule has 0 aromatic carbocycles. The van der Waals surface area contributed by atoms with Crippen LogP contribution in [0.15, 0.2) is 35.3 Å². The normalized spacial score (nSPS) is 15.4. The second kappa shape index (κ2) is 6.96. The Morgan fingerprint density at radius 2 is 2.00 bits per heavy atom. The fraction of sp³-hybridized carbons (Fsp3) is 0.316. The summed E-state index contributed by atoms with van der Waals surface area (Å²) in [6, 6.07) is 7.07. The first-order valence-corrected chi connectivity index (χ1v) is 8.87. The van der Waals surface area contributed by atoms with E-state index >= 15 is 0 Å². The van der Waals surface area contributed by atoms with Crippen molar-refractivity contribution in [2.75, 3.05) is 36.8 Å². The van der Waals surface area contributed by atoms with Crippen molar-refractivity contribution in [3.05, 3.63) is 57.9 Å². The van der Waals surface area contributed by atoms with E-state index < -0.39 is 5.95 Å². The predicted molar refractivity (Wildman–Crippen MR) is 103 cm³/mol. The molecule has 3 aromatic heterocycles. The molecule has 140 valence electrons. The number of hydrogen-bond donors (Lipinski definition) is 2. The maximum atomic E-state index is 14.0. The zero-order valence-corrected chi connectivity index (χ0v) is 15.1. The zero-order chi connectivity index (χ0) is 19.0. The molecule has 3 N–H and O–H groups in total. The number of aryl methyl sites for hydroxylation is 1. The Hall–Kier alpha value is -3.00. The van der Waals surface area contributed by atoms with E-state index in [9.17, 15) is 9.18 Å². The summed E-state index contributed by atoms with van der Waals surface area (Å²) >= 11 is 0. The van der Waals surface area contributed by atoms with Gasteiger partial charge in [0.1, 0.15) is 5.82 Å². The highest BCUT2D eigenvalue weighted by Crippen LogP contribution is 2.21. The Morgan fingerprint density at radius 1 is 1.22 bits per heavy atom. The van der Waals surface area contributed by atoms with E-state index in [1.165, 1.54) is 0 Å². The van der Waals surface area contributed by atoms with Crippen LogP contribution in [0.1, 0.15) is 11.1 Å². The molecular formula is C19H21FN6O. The van der Waals surface area contributed by atoms with Crippen molar-refractivity contribution in [2.45, 2.75) is 13.5 Å². The lowest BCUT2D eigenvalue weighted by Crippen LogP contribution is -2.46. The number of piperazine rings is 1. The van der Waals surface area contributed by atoms with E-state index in [-0.39, 0.29) is 11.4 Å². The van der Waals surface area contributed by atoms with Crippen molar-refractivity contribution in [3.8, 4) is 0 Å². The van der Waals surface area contributed by atoms with Gasteiger partial charge in [0.15, 0.2) is 0 Å². The molecule has 4 heterocycles. The average Bonchev–Trinajstić information content (AvgIpc) is 2.64. The number of nitrogens with two attached hydrogens (primary N) is 1. The molecule has 0 bridgehead atoms. The highest BCUT2D eigenvalue weighted by molar-refractivity contribution is 5.74. The molecule has 8 heteroatoms. The van der Waals surface area contributed by atoms with Crippen LogP contribution < -0.4 is 16.2 Å². The number of nitrogens with zero attached hydrogens (tertiary/aromatic N) is 4. The molecule has 0 saturated carbocycles. The minimum atomic E-state index is -0.526. The lowest BCUT2D eigenvalue weighted by Gasteiger charge is -2.36. The second-order valence-electron chi connectivity index (χ2n) is 6.87. The number of halogens is 1. The van der Waals surface area contributed by atoms with Gasteiger partial charge in [-0.2, -0.15) is 4.39 Å². The third-order valence-corrected chi connectivity index (χ3v) is 4.90. The lowest BCUT2D eigenvalue weighted by molar-refractivity contribution is 0.249. The largest absolute Gasteiger partial charge is 0.384 e. The molecule has 1 aliphatic heterocycles. The van der Waals surface area contributed by atoms with Crippen molar-refractivity contribution >= 4 is 22.5 Å². The molecule has 1 saturated heterocycles. The SMILES string of the molecule is Cc1cc2ncc(CN3CCN(c4ccc(N)nc4F)CC3)cc2[nH]c1=O. The highest BCUT2D eigenvalue weighted by atomic mass is 19.1. The number of aromatic nitrogens is 3. The Morgan fingerprint density at radius 3 is 2.74 bits per heavy atom. The average molecular weight is 368 g/mol. The molecule has 0 unspecified atom stereocenters. The van der Waals surface area contributed by atoms with Gasteiger partial charge in [0.25, 0.3) is 5.56 Å². The number of pyridine rings is 3. The number of anilines is 2. The summed E-state index contributed by atoms with van der Waals surface area (Å²) in [5, 5.41) is 0. The number of aromatic amines is 1. The van der Waals surface area contributed by atoms with E-state index in [1.54, 1.807) is 25.1 Å². The van der Waals surface area contributed by atoms with Gasteiger partial charge in [-0.05, 0) is 36.8 Å². The molecule has 7 nitrogen and oxygen atoms in total. The first-order valence-electron chi connectivity index (χ1n) is 8.87. The molecule has 0 atom stereocenters. The maximum absolute atomic E-state index is 14.0. The lowest BCUT2D eigenvalue weighted by atomic mass is 10.2. The minimum absolute atomic E-state index is 0.0887. The fourth-order valence-corrected chi connectivity index (χ4v) is 3.39. The maximum Gasteiger partial charge on any atom is 0.251 e. The molecule has 4 rings (SSSR count). The van der Waals surface area contributed by atoms with Crippen molar-refractivity contribution in [1.82, 2.24) is 19.9 Å². The van der Waals surface area contributed by atoms with Crippen LogP contribution in [0.5, 0.6) is 0 Å². The van der Waals surface area contributed by atoms with E-state index in [1.807, 2.05) is 17.2 Å². The number of hydrogen-bond acceptors (Lipinski definition) is 6.